The fraction of sp³-hybridized carbons (Fsp3) is 0.941. The molecule has 1 heterocycles. The first-order valence-corrected chi connectivity index (χ1v) is 8.80. The quantitative estimate of drug-likeness (QED) is 0.840. The molecule has 1 saturated heterocycles. The van der Waals surface area contributed by atoms with Gasteiger partial charge in [0.05, 0.1) is 0 Å². The van der Waals surface area contributed by atoms with E-state index in [4.69, 9.17) is 10.5 Å². The van der Waals surface area contributed by atoms with Crippen LogP contribution in [0.1, 0.15) is 59.3 Å². The Bertz CT molecular complexity index is 359. The summed E-state index contributed by atoms with van der Waals surface area (Å²) in [5, 5.41) is 3.69. The highest BCUT2D eigenvalue weighted by molar-refractivity contribution is 5.68. The molecule has 1 aliphatic carbocycles. The van der Waals surface area contributed by atoms with Crippen molar-refractivity contribution in [3.63, 3.8) is 0 Å². The van der Waals surface area contributed by atoms with Gasteiger partial charge >= 0.3 is 6.09 Å². The molecule has 0 aromatic heterocycles. The fourth-order valence-electron chi connectivity index (χ4n) is 3.38. The molecule has 5 nitrogen and oxygen atoms in total. The van der Waals surface area contributed by atoms with Crippen LogP contribution < -0.4 is 11.1 Å². The lowest BCUT2D eigenvalue weighted by Crippen LogP contribution is -2.46. The monoisotopic (exact) mass is 311 g/mol. The molecule has 5 heteroatoms. The van der Waals surface area contributed by atoms with Gasteiger partial charge in [-0.05, 0) is 71.8 Å². The molecule has 0 spiro atoms. The smallest absolute Gasteiger partial charge is 0.410 e. The maximum Gasteiger partial charge on any atom is 0.410 e. The molecule has 1 unspecified atom stereocenters. The topological polar surface area (TPSA) is 67.6 Å². The number of likely N-dealkylation sites (tertiary alicyclic amines) is 1. The van der Waals surface area contributed by atoms with Crippen LogP contribution in [0.4, 0.5) is 4.79 Å². The van der Waals surface area contributed by atoms with Gasteiger partial charge < -0.3 is 20.7 Å². The van der Waals surface area contributed by atoms with Gasteiger partial charge in [-0.15, -0.1) is 0 Å². The van der Waals surface area contributed by atoms with E-state index in [1.807, 2.05) is 25.7 Å². The molecule has 1 saturated carbocycles. The van der Waals surface area contributed by atoms with E-state index in [1.54, 1.807) is 0 Å². The summed E-state index contributed by atoms with van der Waals surface area (Å²) in [6.45, 7) is 8.39. The molecule has 0 radical (unpaired) electrons. The summed E-state index contributed by atoms with van der Waals surface area (Å²) in [7, 11) is 0. The van der Waals surface area contributed by atoms with E-state index in [-0.39, 0.29) is 6.09 Å². The highest BCUT2D eigenvalue weighted by Crippen LogP contribution is 2.21. The van der Waals surface area contributed by atoms with E-state index in [1.165, 1.54) is 19.3 Å². The Balaban J connectivity index is 1.72. The van der Waals surface area contributed by atoms with Gasteiger partial charge in [-0.2, -0.15) is 0 Å². The zero-order valence-electron chi connectivity index (χ0n) is 14.4. The minimum absolute atomic E-state index is 0.166. The third kappa shape index (κ3) is 5.76. The molecule has 1 atom stereocenters. The van der Waals surface area contributed by atoms with E-state index in [2.05, 4.69) is 5.32 Å². The number of nitrogens with one attached hydrogen (secondary N) is 1. The van der Waals surface area contributed by atoms with Crippen molar-refractivity contribution >= 4 is 6.09 Å². The first-order chi connectivity index (χ1) is 10.3. The van der Waals surface area contributed by atoms with Crippen LogP contribution in [0.15, 0.2) is 0 Å². The number of nitrogens with zero attached hydrogens (tertiary/aromatic N) is 1. The summed E-state index contributed by atoms with van der Waals surface area (Å²) >= 11 is 0. The molecule has 1 aliphatic heterocycles. The van der Waals surface area contributed by atoms with Gasteiger partial charge in [0.1, 0.15) is 5.60 Å². The van der Waals surface area contributed by atoms with E-state index >= 15 is 0 Å². The van der Waals surface area contributed by atoms with Crippen molar-refractivity contribution in [1.29, 1.82) is 0 Å². The lowest BCUT2D eigenvalue weighted by molar-refractivity contribution is 0.0164. The van der Waals surface area contributed by atoms with Crippen molar-refractivity contribution in [3.05, 3.63) is 0 Å². The number of carbonyl (C=O) groups is 1. The van der Waals surface area contributed by atoms with Crippen LogP contribution >= 0.6 is 0 Å². The summed E-state index contributed by atoms with van der Waals surface area (Å²) < 4.78 is 5.48. The fourth-order valence-corrected chi connectivity index (χ4v) is 3.38. The molecule has 0 aromatic carbocycles. The Labute approximate surface area is 134 Å². The van der Waals surface area contributed by atoms with Crippen molar-refractivity contribution in [2.24, 2.45) is 11.7 Å². The lowest BCUT2D eigenvalue weighted by Gasteiger charge is -2.35. The van der Waals surface area contributed by atoms with Crippen LogP contribution in [-0.4, -0.2) is 48.3 Å². The summed E-state index contributed by atoms with van der Waals surface area (Å²) in [5.41, 5.74) is 5.54. The number of amides is 1. The van der Waals surface area contributed by atoms with Gasteiger partial charge in [0, 0.05) is 25.2 Å². The van der Waals surface area contributed by atoms with Gasteiger partial charge in [0.2, 0.25) is 0 Å². The van der Waals surface area contributed by atoms with Crippen LogP contribution in [0, 0.1) is 5.92 Å². The van der Waals surface area contributed by atoms with Crippen LogP contribution in [-0.2, 0) is 4.74 Å². The average molecular weight is 311 g/mol. The standard InChI is InChI=1S/C17H33N3O2/c1-17(2,3)22-16(21)20-10-4-5-13(12-20)11-19-15-8-6-14(18)7-9-15/h13-15,19H,4-12,18H2,1-3H3. The Morgan fingerprint density at radius 2 is 1.91 bits per heavy atom. The first kappa shape index (κ1) is 17.5. The predicted molar refractivity (Wildman–Crippen MR) is 88.8 cm³/mol. The molecular weight excluding hydrogens is 278 g/mol. The molecule has 22 heavy (non-hydrogen) atoms. The second-order valence-electron chi connectivity index (χ2n) is 7.95. The second-order valence-corrected chi connectivity index (χ2v) is 7.95. The summed E-state index contributed by atoms with van der Waals surface area (Å²) in [4.78, 5) is 14.0. The van der Waals surface area contributed by atoms with E-state index in [0.717, 1.165) is 38.9 Å². The molecule has 1 amide bonds. The lowest BCUT2D eigenvalue weighted by atomic mass is 9.91. The van der Waals surface area contributed by atoms with Crippen molar-refractivity contribution in [1.82, 2.24) is 10.2 Å². The zero-order chi connectivity index (χ0) is 16.2. The molecule has 0 bridgehead atoms. The van der Waals surface area contributed by atoms with E-state index < -0.39 is 5.60 Å². The van der Waals surface area contributed by atoms with Crippen LogP contribution in [0.5, 0.6) is 0 Å². The van der Waals surface area contributed by atoms with Crippen molar-refractivity contribution in [2.75, 3.05) is 19.6 Å². The Hall–Kier alpha value is -0.810. The SMILES string of the molecule is CC(C)(C)OC(=O)N1CCCC(CNC2CCC(N)CC2)C1. The van der Waals surface area contributed by atoms with Crippen molar-refractivity contribution in [2.45, 2.75) is 77.0 Å². The first-order valence-electron chi connectivity index (χ1n) is 8.80. The summed E-state index contributed by atoms with van der Waals surface area (Å²) in [5.74, 6) is 0.539. The molecule has 2 aliphatic rings. The Morgan fingerprint density at radius 3 is 2.55 bits per heavy atom. The van der Waals surface area contributed by atoms with Crippen LogP contribution in [0.2, 0.25) is 0 Å². The van der Waals surface area contributed by atoms with Gasteiger partial charge in [-0.3, -0.25) is 0 Å². The number of ether oxygens (including phenoxy) is 1. The third-order valence-corrected chi connectivity index (χ3v) is 4.64. The average Bonchev–Trinajstić information content (AvgIpc) is 2.45. The van der Waals surface area contributed by atoms with Gasteiger partial charge in [-0.1, -0.05) is 0 Å². The maximum atomic E-state index is 12.2. The normalized spacial score (nSPS) is 30.2. The summed E-state index contributed by atoms with van der Waals surface area (Å²) in [6.07, 6.45) is 6.73. The number of piperidine rings is 1. The zero-order valence-corrected chi connectivity index (χ0v) is 14.4. The van der Waals surface area contributed by atoms with Gasteiger partial charge in [0.25, 0.3) is 0 Å². The van der Waals surface area contributed by atoms with E-state index in [9.17, 15) is 4.79 Å². The molecule has 2 rings (SSSR count). The Morgan fingerprint density at radius 1 is 1.23 bits per heavy atom. The molecule has 128 valence electrons. The summed E-state index contributed by atoms with van der Waals surface area (Å²) in [6, 6.07) is 1.01. The van der Waals surface area contributed by atoms with Crippen LogP contribution in [0.25, 0.3) is 0 Å². The van der Waals surface area contributed by atoms with Gasteiger partial charge in [-0.25, -0.2) is 4.79 Å². The van der Waals surface area contributed by atoms with Crippen molar-refractivity contribution < 1.29 is 9.53 Å². The predicted octanol–water partition coefficient (Wildman–Crippen LogP) is 2.49. The molecule has 0 aromatic rings. The maximum absolute atomic E-state index is 12.2. The number of hydrogen-bond donors (Lipinski definition) is 2. The minimum atomic E-state index is -0.414. The van der Waals surface area contributed by atoms with Crippen LogP contribution in [0.3, 0.4) is 0 Å². The molecule has 2 fully saturated rings. The number of nitrogens with two attached hydrogens (primary N) is 1. The third-order valence-electron chi connectivity index (χ3n) is 4.64. The number of rotatable bonds is 3. The Kier molecular flexibility index (Phi) is 6.09. The number of carbonyl (C=O) groups excluding carboxylic acids is 1. The number of hydrogen-bond acceptors (Lipinski definition) is 4. The van der Waals surface area contributed by atoms with Gasteiger partial charge in [0.15, 0.2) is 0 Å². The minimum Gasteiger partial charge on any atom is -0.444 e. The highest BCUT2D eigenvalue weighted by Gasteiger charge is 2.28. The van der Waals surface area contributed by atoms with E-state index in [0.29, 0.717) is 18.0 Å². The molecule has 3 N–H and O–H groups in total. The second kappa shape index (κ2) is 7.64. The highest BCUT2D eigenvalue weighted by atomic mass is 16.6. The van der Waals surface area contributed by atoms with Crippen molar-refractivity contribution in [3.8, 4) is 0 Å². The molecular formula is C17H33N3O2. The largest absolute Gasteiger partial charge is 0.444 e.